The molecule has 0 spiro atoms. The monoisotopic (exact) mass is 390 g/mol. The average molecular weight is 390 g/mol. The van der Waals surface area contributed by atoms with E-state index in [1.54, 1.807) is 56.3 Å². The Balaban J connectivity index is 2.14. The predicted octanol–water partition coefficient (Wildman–Crippen LogP) is 2.82. The number of esters is 1. The molecule has 0 saturated heterocycles. The molecule has 7 nitrogen and oxygen atoms in total. The zero-order valence-corrected chi connectivity index (χ0v) is 16.5. The van der Waals surface area contributed by atoms with Crippen LogP contribution in [0.5, 0.6) is 0 Å². The van der Waals surface area contributed by atoms with Crippen molar-refractivity contribution in [1.29, 1.82) is 0 Å². The predicted molar refractivity (Wildman–Crippen MR) is 105 cm³/mol. The van der Waals surface area contributed by atoms with Crippen LogP contribution in [-0.2, 0) is 14.8 Å². The van der Waals surface area contributed by atoms with Crippen LogP contribution in [0.2, 0.25) is 0 Å². The number of nitrogens with zero attached hydrogens (tertiary/aromatic N) is 1. The summed E-state index contributed by atoms with van der Waals surface area (Å²) in [5.74, 6) is -0.750. The highest BCUT2D eigenvalue weighted by atomic mass is 32.2. The third-order valence-electron chi connectivity index (χ3n) is 3.98. The molecule has 0 atom stereocenters. The van der Waals surface area contributed by atoms with Gasteiger partial charge in [0.15, 0.2) is 0 Å². The van der Waals surface area contributed by atoms with E-state index in [0.29, 0.717) is 29.1 Å². The molecule has 0 aliphatic carbocycles. The standard InChI is InChI=1S/C19H22N2O5S/c1-5-26-19(23)15-8-11-17(13(2)12-15)20-18(22)14-6-9-16(10-7-14)21(3)27(4,24)25/h6-12H,5H2,1-4H3,(H,20,22). The van der Waals surface area contributed by atoms with Gasteiger partial charge < -0.3 is 10.1 Å². The van der Waals surface area contributed by atoms with Crippen LogP contribution in [0.25, 0.3) is 0 Å². The zero-order chi connectivity index (χ0) is 20.2. The average Bonchev–Trinajstić information content (AvgIpc) is 2.62. The molecule has 2 aromatic carbocycles. The second-order valence-electron chi connectivity index (χ2n) is 5.98. The van der Waals surface area contributed by atoms with Crippen LogP contribution in [-0.4, -0.2) is 40.2 Å². The van der Waals surface area contributed by atoms with Crippen LogP contribution in [0.3, 0.4) is 0 Å². The molecule has 0 aliphatic rings. The highest BCUT2D eigenvalue weighted by Gasteiger charge is 2.14. The summed E-state index contributed by atoms with van der Waals surface area (Å²) in [5, 5.41) is 2.78. The molecule has 0 fully saturated rings. The Morgan fingerprint density at radius 1 is 1.07 bits per heavy atom. The third-order valence-corrected chi connectivity index (χ3v) is 5.18. The Morgan fingerprint density at radius 3 is 2.19 bits per heavy atom. The van der Waals surface area contributed by atoms with Gasteiger partial charge in [-0.1, -0.05) is 0 Å². The first kappa shape index (κ1) is 20.4. The van der Waals surface area contributed by atoms with Crippen LogP contribution in [0.15, 0.2) is 42.5 Å². The lowest BCUT2D eigenvalue weighted by Gasteiger charge is -2.16. The van der Waals surface area contributed by atoms with Gasteiger partial charge in [0.05, 0.1) is 24.1 Å². The number of carbonyl (C=O) groups is 2. The second kappa shape index (κ2) is 8.22. The van der Waals surface area contributed by atoms with Gasteiger partial charge >= 0.3 is 5.97 Å². The Hall–Kier alpha value is -2.87. The number of ether oxygens (including phenoxy) is 1. The number of amides is 1. The molecular weight excluding hydrogens is 368 g/mol. The van der Waals surface area contributed by atoms with Gasteiger partial charge in [0, 0.05) is 18.3 Å². The molecule has 1 amide bonds. The SMILES string of the molecule is CCOC(=O)c1ccc(NC(=O)c2ccc(N(C)S(C)(=O)=O)cc2)c(C)c1. The van der Waals surface area contributed by atoms with Gasteiger partial charge in [-0.25, -0.2) is 13.2 Å². The van der Waals surface area contributed by atoms with Gasteiger partial charge in [-0.3, -0.25) is 9.10 Å². The second-order valence-corrected chi connectivity index (χ2v) is 8.00. The summed E-state index contributed by atoms with van der Waals surface area (Å²) in [4.78, 5) is 24.2. The van der Waals surface area contributed by atoms with E-state index >= 15 is 0 Å². The van der Waals surface area contributed by atoms with Crippen molar-refractivity contribution in [3.05, 3.63) is 59.2 Å². The lowest BCUT2D eigenvalue weighted by atomic mass is 10.1. The van der Waals surface area contributed by atoms with Gasteiger partial charge in [-0.05, 0) is 61.9 Å². The zero-order valence-electron chi connectivity index (χ0n) is 15.6. The van der Waals surface area contributed by atoms with Crippen molar-refractivity contribution in [2.75, 3.05) is 29.5 Å². The fourth-order valence-electron chi connectivity index (χ4n) is 2.35. The van der Waals surface area contributed by atoms with Gasteiger partial charge in [0.2, 0.25) is 10.0 Å². The largest absolute Gasteiger partial charge is 0.462 e. The quantitative estimate of drug-likeness (QED) is 0.766. The molecule has 0 aromatic heterocycles. The van der Waals surface area contributed by atoms with Crippen molar-refractivity contribution >= 4 is 33.3 Å². The number of hydrogen-bond donors (Lipinski definition) is 1. The van der Waals surface area contributed by atoms with Crippen molar-refractivity contribution in [2.45, 2.75) is 13.8 Å². The minimum absolute atomic E-state index is 0.293. The van der Waals surface area contributed by atoms with Gasteiger partial charge in [0.25, 0.3) is 5.91 Å². The molecule has 144 valence electrons. The maximum atomic E-state index is 12.4. The smallest absolute Gasteiger partial charge is 0.338 e. The van der Waals surface area contributed by atoms with E-state index in [1.807, 2.05) is 0 Å². The fraction of sp³-hybridized carbons (Fsp3) is 0.263. The van der Waals surface area contributed by atoms with Crippen molar-refractivity contribution in [1.82, 2.24) is 0 Å². The number of benzene rings is 2. The van der Waals surface area contributed by atoms with Crippen LogP contribution in [0, 0.1) is 6.92 Å². The minimum Gasteiger partial charge on any atom is -0.462 e. The first-order valence-electron chi connectivity index (χ1n) is 8.26. The Labute approximate surface area is 159 Å². The summed E-state index contributed by atoms with van der Waals surface area (Å²) >= 11 is 0. The molecule has 0 aliphatic heterocycles. The molecule has 0 radical (unpaired) electrons. The molecule has 2 rings (SSSR count). The van der Waals surface area contributed by atoms with E-state index < -0.39 is 16.0 Å². The normalized spacial score (nSPS) is 11.0. The molecule has 0 unspecified atom stereocenters. The summed E-state index contributed by atoms with van der Waals surface area (Å²) in [7, 11) is -1.92. The van der Waals surface area contributed by atoms with E-state index in [0.717, 1.165) is 16.1 Å². The first-order valence-corrected chi connectivity index (χ1v) is 10.1. The maximum Gasteiger partial charge on any atom is 0.338 e. The molecule has 2 aromatic rings. The summed E-state index contributed by atoms with van der Waals surface area (Å²) in [6.07, 6.45) is 1.11. The number of aryl methyl sites for hydroxylation is 1. The van der Waals surface area contributed by atoms with Gasteiger partial charge in [-0.2, -0.15) is 0 Å². The Morgan fingerprint density at radius 2 is 1.67 bits per heavy atom. The topological polar surface area (TPSA) is 92.8 Å². The van der Waals surface area contributed by atoms with Gasteiger partial charge in [-0.15, -0.1) is 0 Å². The lowest BCUT2D eigenvalue weighted by Crippen LogP contribution is -2.24. The van der Waals surface area contributed by atoms with E-state index in [4.69, 9.17) is 4.74 Å². The van der Waals surface area contributed by atoms with Crippen LogP contribution in [0.4, 0.5) is 11.4 Å². The van der Waals surface area contributed by atoms with E-state index in [2.05, 4.69) is 5.32 Å². The first-order chi connectivity index (χ1) is 12.6. The number of rotatable bonds is 6. The lowest BCUT2D eigenvalue weighted by molar-refractivity contribution is 0.0526. The van der Waals surface area contributed by atoms with Crippen LogP contribution >= 0.6 is 0 Å². The summed E-state index contributed by atoms with van der Waals surface area (Å²) in [6, 6.07) is 11.1. The molecule has 0 saturated carbocycles. The molecule has 0 heterocycles. The van der Waals surface area contributed by atoms with Crippen molar-refractivity contribution < 1.29 is 22.7 Å². The highest BCUT2D eigenvalue weighted by molar-refractivity contribution is 7.92. The Bertz CT molecular complexity index is 953. The van der Waals surface area contributed by atoms with E-state index in [9.17, 15) is 18.0 Å². The van der Waals surface area contributed by atoms with Crippen LogP contribution < -0.4 is 9.62 Å². The number of carbonyl (C=O) groups excluding carboxylic acids is 2. The third kappa shape index (κ3) is 5.07. The highest BCUT2D eigenvalue weighted by Crippen LogP contribution is 2.20. The number of nitrogens with one attached hydrogen (secondary N) is 1. The van der Waals surface area contributed by atoms with Crippen molar-refractivity contribution in [3.63, 3.8) is 0 Å². The Kier molecular flexibility index (Phi) is 6.22. The molecular formula is C19H22N2O5S. The van der Waals surface area contributed by atoms with E-state index in [1.165, 1.54) is 7.05 Å². The molecule has 0 bridgehead atoms. The number of anilines is 2. The number of sulfonamides is 1. The summed E-state index contributed by atoms with van der Waals surface area (Å²) in [5.41, 5.74) is 2.56. The number of hydrogen-bond acceptors (Lipinski definition) is 5. The summed E-state index contributed by atoms with van der Waals surface area (Å²) in [6.45, 7) is 3.81. The fourth-order valence-corrected chi connectivity index (χ4v) is 2.86. The minimum atomic E-state index is -3.36. The van der Waals surface area contributed by atoms with Crippen molar-refractivity contribution in [2.24, 2.45) is 0 Å². The van der Waals surface area contributed by atoms with Gasteiger partial charge in [0.1, 0.15) is 0 Å². The summed E-state index contributed by atoms with van der Waals surface area (Å²) < 4.78 is 29.2. The molecule has 8 heteroatoms. The maximum absolute atomic E-state index is 12.4. The van der Waals surface area contributed by atoms with Crippen LogP contribution in [0.1, 0.15) is 33.2 Å². The molecule has 1 N–H and O–H groups in total. The molecule has 27 heavy (non-hydrogen) atoms. The van der Waals surface area contributed by atoms with Crippen molar-refractivity contribution in [3.8, 4) is 0 Å². The van der Waals surface area contributed by atoms with E-state index in [-0.39, 0.29) is 5.91 Å².